The normalized spacial score (nSPS) is 10.8. The van der Waals surface area contributed by atoms with Crippen molar-refractivity contribution in [3.8, 4) is 0 Å². The number of nitrogens with zero attached hydrogens (tertiary/aromatic N) is 2. The Labute approximate surface area is 136 Å². The third-order valence-corrected chi connectivity index (χ3v) is 3.64. The summed E-state index contributed by atoms with van der Waals surface area (Å²) in [5.41, 5.74) is 5.31. The van der Waals surface area contributed by atoms with E-state index < -0.39 is 0 Å². The lowest BCUT2D eigenvalue weighted by Crippen LogP contribution is -1.88. The lowest BCUT2D eigenvalue weighted by molar-refractivity contribution is 1.19. The second kappa shape index (κ2) is 7.32. The molecule has 0 atom stereocenters. The number of hydrogen-bond acceptors (Lipinski definition) is 2. The van der Waals surface area contributed by atoms with Gasteiger partial charge in [0, 0.05) is 6.21 Å². The van der Waals surface area contributed by atoms with Crippen LogP contribution in [0.5, 0.6) is 0 Å². The second-order valence-electron chi connectivity index (χ2n) is 5.31. The van der Waals surface area contributed by atoms with Crippen LogP contribution in [-0.4, -0.2) is 12.9 Å². The van der Waals surface area contributed by atoms with Crippen LogP contribution in [0.25, 0.3) is 0 Å². The van der Waals surface area contributed by atoms with E-state index in [0.29, 0.717) is 0 Å². The maximum absolute atomic E-state index is 4.50. The highest BCUT2D eigenvalue weighted by atomic mass is 14.8. The van der Waals surface area contributed by atoms with Crippen LogP contribution in [0.15, 0.2) is 88.8 Å². The smallest absolute Gasteiger partial charge is 0.0886 e. The summed E-state index contributed by atoms with van der Waals surface area (Å²) in [4.78, 5) is 8.48. The highest BCUT2D eigenvalue weighted by Gasteiger charge is 1.98. The summed E-state index contributed by atoms with van der Waals surface area (Å²) in [6.07, 6.45) is 2.80. The van der Waals surface area contributed by atoms with Crippen molar-refractivity contribution in [2.75, 3.05) is 0 Å². The van der Waals surface area contributed by atoms with E-state index in [2.05, 4.69) is 65.2 Å². The van der Waals surface area contributed by atoms with E-state index >= 15 is 0 Å². The molecular formula is C21H18N2. The van der Waals surface area contributed by atoms with Gasteiger partial charge in [-0.25, -0.2) is 0 Å². The van der Waals surface area contributed by atoms with Gasteiger partial charge in [0.2, 0.25) is 0 Å². The lowest BCUT2D eigenvalue weighted by atomic mass is 10.0. The van der Waals surface area contributed by atoms with Crippen molar-refractivity contribution < 1.29 is 0 Å². The fraction of sp³-hybridized carbons (Fsp3) is 0.0476. The number of rotatable bonds is 5. The summed E-state index contributed by atoms with van der Waals surface area (Å²) in [6.45, 7) is 3.57. The maximum atomic E-state index is 4.50. The van der Waals surface area contributed by atoms with E-state index in [-0.39, 0.29) is 0 Å². The summed E-state index contributed by atoms with van der Waals surface area (Å²) in [7, 11) is 0. The molecule has 0 heterocycles. The standard InChI is InChI=1S/C21H18N2/c1-22-20-9-5-6-10-21(20)23-16-19-13-11-18(12-14-19)15-17-7-3-2-4-8-17/h2-14,16H,1,15H2. The summed E-state index contributed by atoms with van der Waals surface area (Å²) >= 11 is 0. The third kappa shape index (κ3) is 4.01. The van der Waals surface area contributed by atoms with Crippen LogP contribution in [0.3, 0.4) is 0 Å². The molecule has 3 aromatic carbocycles. The molecule has 0 radical (unpaired) electrons. The van der Waals surface area contributed by atoms with Crippen LogP contribution in [0.2, 0.25) is 0 Å². The molecule has 0 spiro atoms. The molecular weight excluding hydrogens is 280 g/mol. The van der Waals surface area contributed by atoms with E-state index in [1.54, 1.807) is 0 Å². The van der Waals surface area contributed by atoms with Crippen LogP contribution >= 0.6 is 0 Å². The van der Waals surface area contributed by atoms with Gasteiger partial charge in [0.05, 0.1) is 11.4 Å². The molecule has 0 amide bonds. The fourth-order valence-electron chi connectivity index (χ4n) is 2.40. The average Bonchev–Trinajstić information content (AvgIpc) is 2.62. The molecule has 0 aliphatic heterocycles. The first-order valence-electron chi connectivity index (χ1n) is 7.58. The minimum atomic E-state index is 0.796. The van der Waals surface area contributed by atoms with Crippen molar-refractivity contribution in [2.45, 2.75) is 6.42 Å². The zero-order valence-electron chi connectivity index (χ0n) is 12.9. The van der Waals surface area contributed by atoms with Crippen LogP contribution in [0.4, 0.5) is 11.4 Å². The molecule has 0 aliphatic rings. The largest absolute Gasteiger partial charge is 0.262 e. The van der Waals surface area contributed by atoms with Gasteiger partial charge in [-0.1, -0.05) is 66.7 Å². The molecule has 0 saturated carbocycles. The van der Waals surface area contributed by atoms with Crippen molar-refractivity contribution in [2.24, 2.45) is 9.98 Å². The summed E-state index contributed by atoms with van der Waals surface area (Å²) < 4.78 is 0. The van der Waals surface area contributed by atoms with Crippen molar-refractivity contribution in [3.05, 3.63) is 95.6 Å². The number of aliphatic imine (C=N–C) groups is 2. The Balaban J connectivity index is 1.72. The maximum Gasteiger partial charge on any atom is 0.0886 e. The molecule has 23 heavy (non-hydrogen) atoms. The van der Waals surface area contributed by atoms with Crippen molar-refractivity contribution >= 4 is 24.3 Å². The predicted octanol–water partition coefficient (Wildman–Crippen LogP) is 5.36. The lowest BCUT2D eigenvalue weighted by Gasteiger charge is -2.02. The molecule has 0 aliphatic carbocycles. The zero-order chi connectivity index (χ0) is 15.9. The Morgan fingerprint density at radius 1 is 0.696 bits per heavy atom. The minimum absolute atomic E-state index is 0.796. The van der Waals surface area contributed by atoms with Gasteiger partial charge < -0.3 is 0 Å². The SMILES string of the molecule is C=Nc1ccccc1N=Cc1ccc(Cc2ccccc2)cc1. The van der Waals surface area contributed by atoms with Crippen LogP contribution < -0.4 is 0 Å². The van der Waals surface area contributed by atoms with E-state index in [9.17, 15) is 0 Å². The molecule has 0 saturated heterocycles. The first-order chi connectivity index (χ1) is 11.3. The van der Waals surface area contributed by atoms with Crippen molar-refractivity contribution in [1.82, 2.24) is 0 Å². The molecule has 2 heteroatoms. The Hall–Kier alpha value is -3.00. The molecule has 0 aromatic heterocycles. The second-order valence-corrected chi connectivity index (χ2v) is 5.31. The Morgan fingerprint density at radius 3 is 2.00 bits per heavy atom. The van der Waals surface area contributed by atoms with Crippen LogP contribution in [-0.2, 0) is 6.42 Å². The molecule has 3 aromatic rings. The Kier molecular flexibility index (Phi) is 4.75. The van der Waals surface area contributed by atoms with Gasteiger partial charge in [-0.2, -0.15) is 0 Å². The number of benzene rings is 3. The quantitative estimate of drug-likeness (QED) is 0.566. The van der Waals surface area contributed by atoms with Crippen molar-refractivity contribution in [3.63, 3.8) is 0 Å². The number of hydrogen-bond donors (Lipinski definition) is 0. The molecule has 0 bridgehead atoms. The first-order valence-corrected chi connectivity index (χ1v) is 7.58. The van der Waals surface area contributed by atoms with Gasteiger partial charge in [-0.15, -0.1) is 0 Å². The molecule has 0 fully saturated rings. The predicted molar refractivity (Wildman–Crippen MR) is 98.6 cm³/mol. The number of para-hydroxylation sites is 2. The molecule has 3 rings (SSSR count). The highest BCUT2D eigenvalue weighted by Crippen LogP contribution is 2.26. The van der Waals surface area contributed by atoms with Crippen molar-refractivity contribution in [1.29, 1.82) is 0 Å². The monoisotopic (exact) mass is 298 g/mol. The van der Waals surface area contributed by atoms with Gasteiger partial charge in [0.1, 0.15) is 0 Å². The van der Waals surface area contributed by atoms with Gasteiger partial charge in [0.15, 0.2) is 0 Å². The molecule has 0 N–H and O–H groups in total. The van der Waals surface area contributed by atoms with Gasteiger partial charge in [-0.3, -0.25) is 9.98 Å². The highest BCUT2D eigenvalue weighted by molar-refractivity contribution is 5.83. The van der Waals surface area contributed by atoms with E-state index in [1.165, 1.54) is 11.1 Å². The van der Waals surface area contributed by atoms with Gasteiger partial charge >= 0.3 is 0 Å². The van der Waals surface area contributed by atoms with E-state index in [4.69, 9.17) is 0 Å². The Morgan fingerprint density at radius 2 is 1.30 bits per heavy atom. The average molecular weight is 298 g/mol. The molecule has 2 nitrogen and oxygen atoms in total. The van der Waals surface area contributed by atoms with E-state index in [1.807, 2.05) is 36.5 Å². The van der Waals surface area contributed by atoms with Gasteiger partial charge in [0.25, 0.3) is 0 Å². The summed E-state index contributed by atoms with van der Waals surface area (Å²) in [5, 5.41) is 0. The summed E-state index contributed by atoms with van der Waals surface area (Å²) in [5.74, 6) is 0. The summed E-state index contributed by atoms with van der Waals surface area (Å²) in [6, 6.07) is 26.7. The Bertz CT molecular complexity index is 803. The minimum Gasteiger partial charge on any atom is -0.262 e. The zero-order valence-corrected chi connectivity index (χ0v) is 12.9. The first kappa shape index (κ1) is 14.9. The van der Waals surface area contributed by atoms with Crippen LogP contribution in [0.1, 0.15) is 16.7 Å². The third-order valence-electron chi connectivity index (χ3n) is 3.64. The van der Waals surface area contributed by atoms with E-state index in [0.717, 1.165) is 23.4 Å². The molecule has 0 unspecified atom stereocenters. The van der Waals surface area contributed by atoms with Crippen LogP contribution in [0, 0.1) is 0 Å². The molecule has 112 valence electrons. The van der Waals surface area contributed by atoms with Gasteiger partial charge in [-0.05, 0) is 42.0 Å². The topological polar surface area (TPSA) is 24.7 Å². The fourth-order valence-corrected chi connectivity index (χ4v) is 2.40.